The minimum Gasteiger partial charge on any atom is -0.339 e. The fourth-order valence-electron chi connectivity index (χ4n) is 2.04. The molecule has 5 heteroatoms. The molecule has 0 aliphatic heterocycles. The summed E-state index contributed by atoms with van der Waals surface area (Å²) in [6.45, 7) is 4.72. The number of carbonyl (C=O) groups is 1. The second kappa shape index (κ2) is 7.31. The van der Waals surface area contributed by atoms with E-state index in [9.17, 15) is 18.0 Å². The van der Waals surface area contributed by atoms with Crippen molar-refractivity contribution in [3.8, 4) is 0 Å². The lowest BCUT2D eigenvalue weighted by Gasteiger charge is -2.22. The molecule has 0 unspecified atom stereocenters. The van der Waals surface area contributed by atoms with Crippen molar-refractivity contribution in [1.29, 1.82) is 0 Å². The number of nitrogens with zero attached hydrogens (tertiary/aromatic N) is 1. The molecule has 20 heavy (non-hydrogen) atoms. The summed E-state index contributed by atoms with van der Waals surface area (Å²) in [6, 6.07) is 4.95. The number of hydrogen-bond donors (Lipinski definition) is 0. The second-order valence-corrected chi connectivity index (χ2v) is 4.64. The summed E-state index contributed by atoms with van der Waals surface area (Å²) in [7, 11) is 0. The highest BCUT2D eigenvalue weighted by Crippen LogP contribution is 2.32. The van der Waals surface area contributed by atoms with Crippen LogP contribution in [-0.2, 0) is 6.18 Å². The van der Waals surface area contributed by atoms with E-state index in [0.29, 0.717) is 13.1 Å². The van der Waals surface area contributed by atoms with E-state index in [1.54, 1.807) is 6.92 Å². The zero-order valence-electron chi connectivity index (χ0n) is 11.8. The smallest absolute Gasteiger partial charge is 0.339 e. The number of amides is 1. The Kier molecular flexibility index (Phi) is 6.05. The van der Waals surface area contributed by atoms with Crippen LogP contribution < -0.4 is 0 Å². The Balaban J connectivity index is 2.95. The molecule has 2 nitrogen and oxygen atoms in total. The Hall–Kier alpha value is -1.52. The summed E-state index contributed by atoms with van der Waals surface area (Å²) < 4.78 is 38.7. The highest BCUT2D eigenvalue weighted by molar-refractivity contribution is 5.95. The van der Waals surface area contributed by atoms with Crippen molar-refractivity contribution in [3.05, 3.63) is 35.4 Å². The molecule has 0 aliphatic carbocycles. The van der Waals surface area contributed by atoms with E-state index in [1.165, 1.54) is 23.1 Å². The Bertz CT molecular complexity index is 443. The van der Waals surface area contributed by atoms with Gasteiger partial charge in [0, 0.05) is 13.1 Å². The molecule has 1 rings (SSSR count). The zero-order valence-corrected chi connectivity index (χ0v) is 11.8. The van der Waals surface area contributed by atoms with Crippen LogP contribution in [0.2, 0.25) is 0 Å². The largest absolute Gasteiger partial charge is 0.417 e. The van der Waals surface area contributed by atoms with Gasteiger partial charge in [-0.15, -0.1) is 0 Å². The van der Waals surface area contributed by atoms with E-state index in [0.717, 1.165) is 25.3 Å². The normalized spacial score (nSPS) is 11.4. The van der Waals surface area contributed by atoms with Crippen LogP contribution in [0.1, 0.15) is 49.0 Å². The molecule has 1 aromatic rings. The third-order valence-corrected chi connectivity index (χ3v) is 3.16. The fraction of sp³-hybridized carbons (Fsp3) is 0.533. The molecule has 0 bridgehead atoms. The molecule has 0 saturated heterocycles. The average Bonchev–Trinajstić information content (AvgIpc) is 2.42. The first-order valence-electron chi connectivity index (χ1n) is 6.87. The molecular formula is C15H20F3NO. The van der Waals surface area contributed by atoms with Crippen LogP contribution in [0, 0.1) is 0 Å². The molecule has 0 N–H and O–H groups in total. The number of hydrogen-bond acceptors (Lipinski definition) is 1. The van der Waals surface area contributed by atoms with Gasteiger partial charge in [-0.1, -0.05) is 31.9 Å². The van der Waals surface area contributed by atoms with Crippen LogP contribution in [0.3, 0.4) is 0 Å². The maximum atomic E-state index is 12.9. The van der Waals surface area contributed by atoms with Gasteiger partial charge in [0.2, 0.25) is 0 Å². The van der Waals surface area contributed by atoms with Crippen LogP contribution in [0.5, 0.6) is 0 Å². The van der Waals surface area contributed by atoms with Crippen molar-refractivity contribution >= 4 is 5.91 Å². The van der Waals surface area contributed by atoms with Crippen LogP contribution in [0.25, 0.3) is 0 Å². The lowest BCUT2D eigenvalue weighted by molar-refractivity contribution is -0.138. The molecule has 0 saturated carbocycles. The number of benzene rings is 1. The number of rotatable bonds is 6. The third-order valence-electron chi connectivity index (χ3n) is 3.16. The summed E-state index contributed by atoms with van der Waals surface area (Å²) in [4.78, 5) is 13.7. The van der Waals surface area contributed by atoms with Gasteiger partial charge < -0.3 is 4.90 Å². The molecule has 0 fully saturated rings. The topological polar surface area (TPSA) is 20.3 Å². The van der Waals surface area contributed by atoms with Crippen molar-refractivity contribution in [1.82, 2.24) is 4.90 Å². The second-order valence-electron chi connectivity index (χ2n) is 4.64. The molecule has 0 heterocycles. The van der Waals surface area contributed by atoms with Gasteiger partial charge in [0.1, 0.15) is 0 Å². The van der Waals surface area contributed by atoms with Gasteiger partial charge in [0.25, 0.3) is 5.91 Å². The molecule has 0 aromatic heterocycles. The van der Waals surface area contributed by atoms with E-state index < -0.39 is 17.6 Å². The Morgan fingerprint density at radius 1 is 1.15 bits per heavy atom. The fourth-order valence-corrected chi connectivity index (χ4v) is 2.04. The predicted molar refractivity (Wildman–Crippen MR) is 72.5 cm³/mol. The summed E-state index contributed by atoms with van der Waals surface area (Å²) >= 11 is 0. The average molecular weight is 287 g/mol. The molecule has 1 amide bonds. The molecule has 0 aliphatic rings. The van der Waals surface area contributed by atoms with Gasteiger partial charge in [-0.2, -0.15) is 13.2 Å². The lowest BCUT2D eigenvalue weighted by atomic mass is 10.1. The van der Waals surface area contributed by atoms with Crippen molar-refractivity contribution in [2.45, 2.75) is 39.3 Å². The minimum atomic E-state index is -4.50. The lowest BCUT2D eigenvalue weighted by Crippen LogP contribution is -2.33. The van der Waals surface area contributed by atoms with Gasteiger partial charge >= 0.3 is 6.18 Å². The minimum absolute atomic E-state index is 0.265. The number of alkyl halides is 3. The summed E-state index contributed by atoms with van der Waals surface area (Å²) in [5.74, 6) is -0.545. The zero-order chi connectivity index (χ0) is 15.2. The van der Waals surface area contributed by atoms with Crippen LogP contribution in [-0.4, -0.2) is 23.9 Å². The summed E-state index contributed by atoms with van der Waals surface area (Å²) in [6.07, 6.45) is -1.73. The van der Waals surface area contributed by atoms with E-state index in [4.69, 9.17) is 0 Å². The van der Waals surface area contributed by atoms with Crippen molar-refractivity contribution in [3.63, 3.8) is 0 Å². The van der Waals surface area contributed by atoms with E-state index >= 15 is 0 Å². The quantitative estimate of drug-likeness (QED) is 0.712. The Morgan fingerprint density at radius 2 is 1.80 bits per heavy atom. The van der Waals surface area contributed by atoms with Crippen LogP contribution in [0.4, 0.5) is 13.2 Å². The first kappa shape index (κ1) is 16.5. The molecule has 0 spiro atoms. The van der Waals surface area contributed by atoms with E-state index in [-0.39, 0.29) is 5.56 Å². The van der Waals surface area contributed by atoms with Crippen LogP contribution in [0.15, 0.2) is 24.3 Å². The number of halogens is 3. The van der Waals surface area contributed by atoms with Gasteiger partial charge in [-0.3, -0.25) is 4.79 Å². The standard InChI is InChI=1S/C15H20F3NO/c1-3-5-8-11-19(4-2)14(20)12-9-6-7-10-13(12)15(16,17)18/h6-7,9-10H,3-5,8,11H2,1-2H3. The Labute approximate surface area is 117 Å². The first-order chi connectivity index (χ1) is 9.41. The molecule has 0 atom stereocenters. The molecular weight excluding hydrogens is 267 g/mol. The number of carbonyl (C=O) groups excluding carboxylic acids is 1. The van der Waals surface area contributed by atoms with Crippen molar-refractivity contribution in [2.24, 2.45) is 0 Å². The maximum absolute atomic E-state index is 12.9. The molecule has 0 radical (unpaired) electrons. The maximum Gasteiger partial charge on any atom is 0.417 e. The van der Waals surface area contributed by atoms with Gasteiger partial charge in [-0.25, -0.2) is 0 Å². The van der Waals surface area contributed by atoms with Crippen LogP contribution >= 0.6 is 0 Å². The third kappa shape index (κ3) is 4.25. The number of unbranched alkanes of at least 4 members (excludes halogenated alkanes) is 2. The molecule has 1 aromatic carbocycles. The highest BCUT2D eigenvalue weighted by Gasteiger charge is 2.35. The monoisotopic (exact) mass is 287 g/mol. The molecule has 112 valence electrons. The highest BCUT2D eigenvalue weighted by atomic mass is 19.4. The first-order valence-corrected chi connectivity index (χ1v) is 6.87. The summed E-state index contributed by atoms with van der Waals surface area (Å²) in [5.41, 5.74) is -1.13. The SMILES string of the molecule is CCCCCN(CC)C(=O)c1ccccc1C(F)(F)F. The van der Waals surface area contributed by atoms with Gasteiger partial charge in [0.15, 0.2) is 0 Å². The van der Waals surface area contributed by atoms with E-state index in [1.807, 2.05) is 6.92 Å². The predicted octanol–water partition coefficient (Wildman–Crippen LogP) is 4.36. The van der Waals surface area contributed by atoms with E-state index in [2.05, 4.69) is 0 Å². The van der Waals surface area contributed by atoms with Crippen molar-refractivity contribution in [2.75, 3.05) is 13.1 Å². The Morgan fingerprint density at radius 3 is 2.35 bits per heavy atom. The van der Waals surface area contributed by atoms with Gasteiger partial charge in [-0.05, 0) is 25.5 Å². The van der Waals surface area contributed by atoms with Crippen molar-refractivity contribution < 1.29 is 18.0 Å². The summed E-state index contributed by atoms with van der Waals surface area (Å²) in [5, 5.41) is 0. The van der Waals surface area contributed by atoms with Gasteiger partial charge in [0.05, 0.1) is 11.1 Å².